The van der Waals surface area contributed by atoms with Crippen molar-refractivity contribution in [1.29, 1.82) is 0 Å². The van der Waals surface area contributed by atoms with Crippen molar-refractivity contribution in [2.75, 3.05) is 13.2 Å². The Morgan fingerprint density at radius 1 is 1.38 bits per heavy atom. The van der Waals surface area contributed by atoms with Gasteiger partial charge in [0.05, 0.1) is 12.9 Å². The molecule has 1 aromatic rings. The van der Waals surface area contributed by atoms with Crippen molar-refractivity contribution in [3.8, 4) is 0 Å². The molecule has 0 atom stereocenters. The molecule has 21 heavy (non-hydrogen) atoms. The number of nitrogens with zero attached hydrogens (tertiary/aromatic N) is 2. The van der Waals surface area contributed by atoms with Gasteiger partial charge in [0.2, 0.25) is 0 Å². The van der Waals surface area contributed by atoms with Crippen molar-refractivity contribution in [2.24, 2.45) is 0 Å². The molecule has 0 aliphatic carbocycles. The predicted molar refractivity (Wildman–Crippen MR) is 76.8 cm³/mol. The Bertz CT molecular complexity index is 477. The molecule has 118 valence electrons. The molecule has 1 amide bonds. The van der Waals surface area contributed by atoms with E-state index in [1.165, 1.54) is 0 Å². The molecular formula is C14H23N3O4. The molecule has 0 aromatic carbocycles. The molecule has 0 saturated carbocycles. The number of imidazole rings is 1. The number of carbonyl (C=O) groups excluding carboxylic acids is 2. The van der Waals surface area contributed by atoms with Crippen LogP contribution >= 0.6 is 0 Å². The number of carbonyl (C=O) groups is 2. The monoisotopic (exact) mass is 297 g/mol. The molecule has 0 radical (unpaired) electrons. The molecule has 0 unspecified atom stereocenters. The third-order valence-electron chi connectivity index (χ3n) is 2.45. The van der Waals surface area contributed by atoms with E-state index in [4.69, 9.17) is 9.47 Å². The van der Waals surface area contributed by atoms with Gasteiger partial charge in [0, 0.05) is 24.9 Å². The number of hydrogen-bond acceptors (Lipinski definition) is 5. The average Bonchev–Trinajstić information content (AvgIpc) is 2.74. The van der Waals surface area contributed by atoms with E-state index in [-0.39, 0.29) is 12.5 Å². The lowest BCUT2D eigenvalue weighted by atomic mass is 10.2. The summed E-state index contributed by atoms with van der Waals surface area (Å²) < 4.78 is 11.7. The number of hydrogen-bond donors (Lipinski definition) is 1. The smallest absolute Gasteiger partial charge is 0.407 e. The van der Waals surface area contributed by atoms with Gasteiger partial charge in [0.15, 0.2) is 0 Å². The molecule has 0 aliphatic heterocycles. The second-order valence-electron chi connectivity index (χ2n) is 5.50. The first-order valence-electron chi connectivity index (χ1n) is 6.93. The number of amides is 1. The maximum Gasteiger partial charge on any atom is 0.407 e. The molecule has 0 fully saturated rings. The number of rotatable bonds is 6. The first-order valence-corrected chi connectivity index (χ1v) is 6.93. The molecule has 1 rings (SSSR count). The maximum atomic E-state index is 11.5. The summed E-state index contributed by atoms with van der Waals surface area (Å²) in [5.74, 6) is -0.308. The van der Waals surface area contributed by atoms with Gasteiger partial charge in [-0.15, -0.1) is 0 Å². The summed E-state index contributed by atoms with van der Waals surface area (Å²) in [6.45, 7) is 8.06. The van der Waals surface area contributed by atoms with Crippen LogP contribution in [0.4, 0.5) is 4.79 Å². The maximum absolute atomic E-state index is 11.5. The lowest BCUT2D eigenvalue weighted by Crippen LogP contribution is -2.33. The predicted octanol–water partition coefficient (Wildman–Crippen LogP) is 1.51. The van der Waals surface area contributed by atoms with E-state index in [2.05, 4.69) is 10.3 Å². The summed E-state index contributed by atoms with van der Waals surface area (Å²) in [5.41, 5.74) is 0.328. The molecule has 0 aliphatic rings. The van der Waals surface area contributed by atoms with Crippen LogP contribution in [0.2, 0.25) is 0 Å². The first kappa shape index (κ1) is 17.0. The Morgan fingerprint density at radius 3 is 2.71 bits per heavy atom. The minimum absolute atomic E-state index is 0.121. The topological polar surface area (TPSA) is 82.5 Å². The zero-order valence-corrected chi connectivity index (χ0v) is 13.0. The van der Waals surface area contributed by atoms with Crippen LogP contribution in [0.3, 0.4) is 0 Å². The second-order valence-corrected chi connectivity index (χ2v) is 5.50. The highest BCUT2D eigenvalue weighted by atomic mass is 16.6. The number of ether oxygens (including phenoxy) is 2. The lowest BCUT2D eigenvalue weighted by molar-refractivity contribution is -0.143. The number of nitrogens with one attached hydrogen (secondary N) is 1. The SMILES string of the molecule is CCOC(=O)Cn1cncc1CCNC(=O)OC(C)(C)C. The number of alkyl carbamates (subject to hydrolysis) is 1. The van der Waals surface area contributed by atoms with Gasteiger partial charge in [-0.2, -0.15) is 0 Å². The van der Waals surface area contributed by atoms with E-state index in [0.717, 1.165) is 5.69 Å². The Hall–Kier alpha value is -2.05. The minimum Gasteiger partial charge on any atom is -0.465 e. The highest BCUT2D eigenvalue weighted by Crippen LogP contribution is 2.06. The number of esters is 1. The van der Waals surface area contributed by atoms with Crippen LogP contribution in [0.15, 0.2) is 12.5 Å². The number of aromatic nitrogens is 2. The van der Waals surface area contributed by atoms with E-state index < -0.39 is 11.7 Å². The summed E-state index contributed by atoms with van der Waals surface area (Å²) >= 11 is 0. The lowest BCUT2D eigenvalue weighted by Gasteiger charge is -2.19. The largest absolute Gasteiger partial charge is 0.465 e. The van der Waals surface area contributed by atoms with Crippen LogP contribution < -0.4 is 5.32 Å². The fraction of sp³-hybridized carbons (Fsp3) is 0.643. The van der Waals surface area contributed by atoms with Crippen LogP contribution in [0.5, 0.6) is 0 Å². The van der Waals surface area contributed by atoms with E-state index >= 15 is 0 Å². The molecule has 0 bridgehead atoms. The quantitative estimate of drug-likeness (QED) is 0.805. The molecule has 0 saturated heterocycles. The fourth-order valence-electron chi connectivity index (χ4n) is 1.65. The van der Waals surface area contributed by atoms with Gasteiger partial charge in [-0.3, -0.25) is 4.79 Å². The van der Waals surface area contributed by atoms with Crippen LogP contribution in [0.25, 0.3) is 0 Å². The Labute approximate surface area is 124 Å². The van der Waals surface area contributed by atoms with Crippen molar-refractivity contribution in [2.45, 2.75) is 46.3 Å². The zero-order chi connectivity index (χ0) is 15.9. The highest BCUT2D eigenvalue weighted by molar-refractivity contribution is 5.69. The Balaban J connectivity index is 2.41. The van der Waals surface area contributed by atoms with Gasteiger partial charge in [-0.1, -0.05) is 0 Å². The Kier molecular flexibility index (Phi) is 6.20. The molecule has 1 N–H and O–H groups in total. The van der Waals surface area contributed by atoms with E-state index in [1.807, 2.05) is 0 Å². The van der Waals surface area contributed by atoms with Crippen LogP contribution in [0.1, 0.15) is 33.4 Å². The molecule has 1 aromatic heterocycles. The standard InChI is InChI=1S/C14H23N3O4/c1-5-20-12(18)9-17-10-15-8-11(17)6-7-16-13(19)21-14(2,3)4/h8,10H,5-7,9H2,1-4H3,(H,16,19). The van der Waals surface area contributed by atoms with Crippen molar-refractivity contribution in [1.82, 2.24) is 14.9 Å². The van der Waals surface area contributed by atoms with Crippen LogP contribution in [0, 0.1) is 0 Å². The van der Waals surface area contributed by atoms with Crippen molar-refractivity contribution in [3.63, 3.8) is 0 Å². The van der Waals surface area contributed by atoms with Gasteiger partial charge >= 0.3 is 12.1 Å². The second kappa shape index (κ2) is 7.66. The van der Waals surface area contributed by atoms with Gasteiger partial charge in [0.1, 0.15) is 12.1 Å². The van der Waals surface area contributed by atoms with Gasteiger partial charge in [-0.25, -0.2) is 9.78 Å². The summed E-state index contributed by atoms with van der Waals surface area (Å²) in [6.07, 6.45) is 3.33. The van der Waals surface area contributed by atoms with E-state index in [9.17, 15) is 9.59 Å². The first-order chi connectivity index (χ1) is 9.81. The van der Waals surface area contributed by atoms with Gasteiger partial charge in [0.25, 0.3) is 0 Å². The molecule has 7 nitrogen and oxygen atoms in total. The van der Waals surface area contributed by atoms with Gasteiger partial charge in [-0.05, 0) is 27.7 Å². The molecular weight excluding hydrogens is 274 g/mol. The molecule has 7 heteroatoms. The molecule has 1 heterocycles. The third kappa shape index (κ3) is 6.78. The van der Waals surface area contributed by atoms with E-state index in [1.54, 1.807) is 44.8 Å². The zero-order valence-electron chi connectivity index (χ0n) is 13.0. The minimum atomic E-state index is -0.518. The van der Waals surface area contributed by atoms with Crippen LogP contribution in [-0.4, -0.2) is 40.4 Å². The summed E-state index contributed by atoms with van der Waals surface area (Å²) in [6, 6.07) is 0. The van der Waals surface area contributed by atoms with Crippen molar-refractivity contribution >= 4 is 12.1 Å². The normalized spacial score (nSPS) is 11.0. The molecule has 0 spiro atoms. The van der Waals surface area contributed by atoms with E-state index in [0.29, 0.717) is 19.6 Å². The average molecular weight is 297 g/mol. The Morgan fingerprint density at radius 2 is 2.10 bits per heavy atom. The third-order valence-corrected chi connectivity index (χ3v) is 2.45. The summed E-state index contributed by atoms with van der Waals surface area (Å²) in [7, 11) is 0. The summed E-state index contributed by atoms with van der Waals surface area (Å²) in [4.78, 5) is 26.9. The van der Waals surface area contributed by atoms with Crippen LogP contribution in [-0.2, 0) is 27.2 Å². The van der Waals surface area contributed by atoms with Gasteiger partial charge < -0.3 is 19.4 Å². The van der Waals surface area contributed by atoms with Crippen molar-refractivity contribution < 1.29 is 19.1 Å². The van der Waals surface area contributed by atoms with Crippen molar-refractivity contribution in [3.05, 3.63) is 18.2 Å². The summed E-state index contributed by atoms with van der Waals surface area (Å²) in [5, 5.41) is 2.66. The fourth-order valence-corrected chi connectivity index (χ4v) is 1.65. The highest BCUT2D eigenvalue weighted by Gasteiger charge is 2.15.